The van der Waals surface area contributed by atoms with Gasteiger partial charge in [0.05, 0.1) is 32.9 Å². The van der Waals surface area contributed by atoms with Gasteiger partial charge in [0, 0.05) is 24.6 Å². The molecule has 4 rings (SSSR count). The van der Waals surface area contributed by atoms with E-state index in [0.29, 0.717) is 47.7 Å². The number of benzene rings is 2. The third-order valence-electron chi connectivity index (χ3n) is 6.03. The first-order chi connectivity index (χ1) is 15.5. The van der Waals surface area contributed by atoms with E-state index < -0.39 is 6.04 Å². The fourth-order valence-corrected chi connectivity index (χ4v) is 4.43. The first kappa shape index (κ1) is 21.7. The second kappa shape index (κ2) is 8.94. The van der Waals surface area contributed by atoms with E-state index in [0.717, 1.165) is 22.9 Å². The largest absolute Gasteiger partial charge is 0.497 e. The molecule has 0 spiro atoms. The van der Waals surface area contributed by atoms with E-state index in [9.17, 15) is 9.59 Å². The number of nitrogens with one attached hydrogen (secondary N) is 1. The number of pyridine rings is 1. The van der Waals surface area contributed by atoms with Crippen molar-refractivity contribution in [1.82, 2.24) is 9.88 Å². The van der Waals surface area contributed by atoms with E-state index in [-0.39, 0.29) is 11.5 Å². The number of aromatic amines is 1. The first-order valence-electron chi connectivity index (χ1n) is 10.8. The summed E-state index contributed by atoms with van der Waals surface area (Å²) in [7, 11) is 4.77. The van der Waals surface area contributed by atoms with Crippen LogP contribution in [0.5, 0.6) is 17.2 Å². The first-order valence-corrected chi connectivity index (χ1v) is 10.8. The summed E-state index contributed by atoms with van der Waals surface area (Å²) in [6.45, 7) is 2.51. The van der Waals surface area contributed by atoms with E-state index in [4.69, 9.17) is 14.2 Å². The molecule has 32 heavy (non-hydrogen) atoms. The molecule has 3 aromatic rings. The molecule has 2 aromatic carbocycles. The highest BCUT2D eigenvalue weighted by Gasteiger charge is 2.34. The second-order valence-corrected chi connectivity index (χ2v) is 7.90. The number of H-pyrrole nitrogens is 1. The van der Waals surface area contributed by atoms with Gasteiger partial charge < -0.3 is 24.1 Å². The molecule has 1 atom stereocenters. The van der Waals surface area contributed by atoms with Gasteiger partial charge in [0.1, 0.15) is 5.75 Å². The zero-order chi connectivity index (χ0) is 22.8. The van der Waals surface area contributed by atoms with Crippen LogP contribution in [0.1, 0.15) is 42.5 Å². The molecule has 1 aliphatic heterocycles. The van der Waals surface area contributed by atoms with Crippen molar-refractivity contribution in [3.63, 3.8) is 0 Å². The minimum absolute atomic E-state index is 0.0344. The van der Waals surface area contributed by atoms with Crippen molar-refractivity contribution in [3.8, 4) is 17.2 Å². The number of aromatic nitrogens is 1. The van der Waals surface area contributed by atoms with Crippen molar-refractivity contribution >= 4 is 16.8 Å². The molecular formula is C25H28N2O5. The highest BCUT2D eigenvalue weighted by molar-refractivity contribution is 5.82. The fourth-order valence-electron chi connectivity index (χ4n) is 4.43. The van der Waals surface area contributed by atoms with Crippen LogP contribution in [0.3, 0.4) is 0 Å². The van der Waals surface area contributed by atoms with Crippen LogP contribution in [-0.4, -0.2) is 43.7 Å². The standard InChI is InChI=1S/C25H28N2O5/c1-5-6-23(28)27-10-9-15-12-21(31-3)22(32-4)14-18(15)24(27)19-11-16-7-8-17(30-2)13-20(16)26-25(19)29/h7-8,11-14,24H,5-6,9-10H2,1-4H3,(H,26,29). The van der Waals surface area contributed by atoms with E-state index in [1.54, 1.807) is 27.4 Å². The van der Waals surface area contributed by atoms with Gasteiger partial charge in [0.2, 0.25) is 5.91 Å². The number of hydrogen-bond acceptors (Lipinski definition) is 5. The predicted molar refractivity (Wildman–Crippen MR) is 123 cm³/mol. The normalized spacial score (nSPS) is 15.4. The van der Waals surface area contributed by atoms with Crippen LogP contribution in [0.25, 0.3) is 10.9 Å². The van der Waals surface area contributed by atoms with Crippen LogP contribution in [0.4, 0.5) is 0 Å². The molecule has 0 aliphatic carbocycles. The van der Waals surface area contributed by atoms with E-state index >= 15 is 0 Å². The lowest BCUT2D eigenvalue weighted by atomic mass is 9.87. The van der Waals surface area contributed by atoms with Crippen molar-refractivity contribution in [2.24, 2.45) is 0 Å². The third-order valence-corrected chi connectivity index (χ3v) is 6.03. The number of rotatable bonds is 6. The molecule has 0 fully saturated rings. The van der Waals surface area contributed by atoms with Gasteiger partial charge in [-0.1, -0.05) is 6.92 Å². The maximum Gasteiger partial charge on any atom is 0.254 e. The summed E-state index contributed by atoms with van der Waals surface area (Å²) < 4.78 is 16.3. The molecule has 2 heterocycles. The van der Waals surface area contributed by atoms with Crippen LogP contribution in [0.2, 0.25) is 0 Å². The van der Waals surface area contributed by atoms with Crippen LogP contribution >= 0.6 is 0 Å². The summed E-state index contributed by atoms with van der Waals surface area (Å²) >= 11 is 0. The lowest BCUT2D eigenvalue weighted by Crippen LogP contribution is -2.42. The number of carbonyl (C=O) groups excluding carboxylic acids is 1. The van der Waals surface area contributed by atoms with Crippen molar-refractivity contribution in [3.05, 3.63) is 63.4 Å². The number of fused-ring (bicyclic) bond motifs is 2. The van der Waals surface area contributed by atoms with Gasteiger partial charge in [0.25, 0.3) is 5.56 Å². The van der Waals surface area contributed by atoms with E-state index in [2.05, 4.69) is 4.98 Å². The number of ether oxygens (including phenoxy) is 3. The number of methoxy groups -OCH3 is 3. The Morgan fingerprint density at radius 3 is 2.47 bits per heavy atom. The smallest absolute Gasteiger partial charge is 0.254 e. The second-order valence-electron chi connectivity index (χ2n) is 7.90. The minimum Gasteiger partial charge on any atom is -0.497 e. The summed E-state index contributed by atoms with van der Waals surface area (Å²) in [4.78, 5) is 31.1. The molecule has 0 bridgehead atoms. The molecule has 1 unspecified atom stereocenters. The average molecular weight is 437 g/mol. The van der Waals surface area contributed by atoms with Gasteiger partial charge in [-0.05, 0) is 59.7 Å². The van der Waals surface area contributed by atoms with E-state index in [1.807, 2.05) is 42.2 Å². The number of hydrogen-bond donors (Lipinski definition) is 1. The highest BCUT2D eigenvalue weighted by atomic mass is 16.5. The Balaban J connectivity index is 1.93. The Morgan fingerprint density at radius 1 is 1.03 bits per heavy atom. The molecule has 1 aromatic heterocycles. The number of amides is 1. The molecule has 0 saturated carbocycles. The maximum absolute atomic E-state index is 13.3. The monoisotopic (exact) mass is 436 g/mol. The Kier molecular flexibility index (Phi) is 6.08. The summed E-state index contributed by atoms with van der Waals surface area (Å²) in [6.07, 6.45) is 1.86. The quantitative estimate of drug-likeness (QED) is 0.635. The average Bonchev–Trinajstić information content (AvgIpc) is 2.81. The fraction of sp³-hybridized carbons (Fsp3) is 0.360. The number of carbonyl (C=O) groups is 1. The van der Waals surface area contributed by atoms with Gasteiger partial charge in [-0.2, -0.15) is 0 Å². The SMILES string of the molecule is CCCC(=O)N1CCc2cc(OC)c(OC)cc2C1c1cc2ccc(OC)cc2[nH]c1=O. The van der Waals surface area contributed by atoms with Gasteiger partial charge in [-0.15, -0.1) is 0 Å². The molecule has 1 N–H and O–H groups in total. The topological polar surface area (TPSA) is 80.9 Å². The van der Waals surface area contributed by atoms with Gasteiger partial charge in [-0.3, -0.25) is 9.59 Å². The van der Waals surface area contributed by atoms with Crippen LogP contribution in [0, 0.1) is 0 Å². The molecular weight excluding hydrogens is 408 g/mol. The van der Waals surface area contributed by atoms with Crippen molar-refractivity contribution in [2.45, 2.75) is 32.2 Å². The predicted octanol–water partition coefficient (Wildman–Crippen LogP) is 3.83. The van der Waals surface area contributed by atoms with Crippen LogP contribution in [0.15, 0.2) is 41.2 Å². The molecule has 7 nitrogen and oxygen atoms in total. The lowest BCUT2D eigenvalue weighted by Gasteiger charge is -2.38. The molecule has 1 aliphatic rings. The molecule has 1 amide bonds. The minimum atomic E-state index is -0.507. The zero-order valence-electron chi connectivity index (χ0n) is 18.9. The maximum atomic E-state index is 13.3. The van der Waals surface area contributed by atoms with Crippen molar-refractivity contribution in [1.29, 1.82) is 0 Å². The van der Waals surface area contributed by atoms with E-state index in [1.165, 1.54) is 0 Å². The summed E-state index contributed by atoms with van der Waals surface area (Å²) in [5, 5.41) is 0.871. The van der Waals surface area contributed by atoms with Crippen LogP contribution < -0.4 is 19.8 Å². The van der Waals surface area contributed by atoms with Gasteiger partial charge in [0.15, 0.2) is 11.5 Å². The Morgan fingerprint density at radius 2 is 1.78 bits per heavy atom. The third kappa shape index (κ3) is 3.79. The lowest BCUT2D eigenvalue weighted by molar-refractivity contribution is -0.133. The molecule has 168 valence electrons. The van der Waals surface area contributed by atoms with Gasteiger partial charge in [-0.25, -0.2) is 0 Å². The summed E-state index contributed by atoms with van der Waals surface area (Å²) in [5.74, 6) is 1.91. The zero-order valence-corrected chi connectivity index (χ0v) is 18.9. The van der Waals surface area contributed by atoms with Crippen molar-refractivity contribution < 1.29 is 19.0 Å². The molecule has 7 heteroatoms. The summed E-state index contributed by atoms with van der Waals surface area (Å²) in [5.41, 5.74) is 2.92. The Bertz CT molecular complexity index is 1220. The number of nitrogens with zero attached hydrogens (tertiary/aromatic N) is 1. The van der Waals surface area contributed by atoms with Gasteiger partial charge >= 0.3 is 0 Å². The van der Waals surface area contributed by atoms with Crippen molar-refractivity contribution in [2.75, 3.05) is 27.9 Å². The molecule has 0 radical (unpaired) electrons. The Hall–Kier alpha value is -3.48. The highest BCUT2D eigenvalue weighted by Crippen LogP contribution is 2.41. The summed E-state index contributed by atoms with van der Waals surface area (Å²) in [6, 6.07) is 10.8. The Labute approximate surface area is 186 Å². The van der Waals surface area contributed by atoms with Crippen LogP contribution in [-0.2, 0) is 11.2 Å². The molecule has 0 saturated heterocycles.